The van der Waals surface area contributed by atoms with Crippen LogP contribution in [-0.2, 0) is 9.53 Å². The fraction of sp³-hybridized carbons (Fsp3) is 0.571. The molecule has 2 aliphatic rings. The van der Waals surface area contributed by atoms with Gasteiger partial charge >= 0.3 is 0 Å². The van der Waals surface area contributed by atoms with E-state index in [2.05, 4.69) is 10.6 Å². The number of carbonyl (C=O) groups excluding carboxylic acids is 2. The molecule has 1 saturated heterocycles. The van der Waals surface area contributed by atoms with Gasteiger partial charge in [-0.2, -0.15) is 0 Å². The van der Waals surface area contributed by atoms with Crippen LogP contribution in [0, 0.1) is 5.92 Å². The molecule has 6 nitrogen and oxygen atoms in total. The highest BCUT2D eigenvalue weighted by molar-refractivity contribution is 7.80. The summed E-state index contributed by atoms with van der Waals surface area (Å²) in [6, 6.07) is 7.23. The Morgan fingerprint density at radius 1 is 1.11 bits per heavy atom. The summed E-state index contributed by atoms with van der Waals surface area (Å²) in [7, 11) is 0. The zero-order valence-electron chi connectivity index (χ0n) is 16.2. The molecular weight excluding hydrogens is 374 g/mol. The molecular formula is C21H29N3O3S. The van der Waals surface area contributed by atoms with Crippen LogP contribution in [0.3, 0.4) is 0 Å². The largest absolute Gasteiger partial charge is 0.378 e. The van der Waals surface area contributed by atoms with Crippen LogP contribution in [0.15, 0.2) is 24.3 Å². The Morgan fingerprint density at radius 3 is 2.57 bits per heavy atom. The number of carbonyl (C=O) groups is 2. The number of nitrogens with zero attached hydrogens (tertiary/aromatic N) is 1. The number of para-hydroxylation sites is 1. The second kappa shape index (κ2) is 10.5. The van der Waals surface area contributed by atoms with Gasteiger partial charge in [0.15, 0.2) is 5.11 Å². The number of rotatable bonds is 5. The molecule has 2 fully saturated rings. The number of benzene rings is 1. The fourth-order valence-electron chi connectivity index (χ4n) is 3.87. The molecule has 3 rings (SSSR count). The molecule has 1 aromatic carbocycles. The summed E-state index contributed by atoms with van der Waals surface area (Å²) in [5.74, 6) is 0.533. The van der Waals surface area contributed by atoms with E-state index in [1.165, 1.54) is 32.1 Å². The third-order valence-electron chi connectivity index (χ3n) is 5.46. The van der Waals surface area contributed by atoms with Crippen molar-refractivity contribution in [3.8, 4) is 0 Å². The lowest BCUT2D eigenvalue weighted by atomic mass is 9.86. The molecule has 1 heterocycles. The van der Waals surface area contributed by atoms with E-state index in [-0.39, 0.29) is 16.9 Å². The van der Waals surface area contributed by atoms with Gasteiger partial charge in [0.1, 0.15) is 0 Å². The Kier molecular flexibility index (Phi) is 7.80. The van der Waals surface area contributed by atoms with E-state index in [0.717, 1.165) is 6.42 Å². The Hall–Kier alpha value is -1.99. The maximum atomic E-state index is 12.8. The minimum Gasteiger partial charge on any atom is -0.378 e. The summed E-state index contributed by atoms with van der Waals surface area (Å²) in [5.41, 5.74) is 1.15. The van der Waals surface area contributed by atoms with Crippen LogP contribution in [0.2, 0.25) is 0 Å². The van der Waals surface area contributed by atoms with Crippen molar-refractivity contribution in [3.63, 3.8) is 0 Å². The Labute approximate surface area is 172 Å². The van der Waals surface area contributed by atoms with Crippen LogP contribution in [-0.4, -0.2) is 48.1 Å². The number of morpholine rings is 1. The van der Waals surface area contributed by atoms with E-state index >= 15 is 0 Å². The molecule has 7 heteroatoms. The van der Waals surface area contributed by atoms with E-state index in [9.17, 15) is 9.59 Å². The van der Waals surface area contributed by atoms with Gasteiger partial charge in [-0.25, -0.2) is 0 Å². The van der Waals surface area contributed by atoms with Crippen LogP contribution in [0.4, 0.5) is 5.69 Å². The normalized spacial score (nSPS) is 17.8. The molecule has 2 N–H and O–H groups in total. The van der Waals surface area contributed by atoms with Gasteiger partial charge in [0.2, 0.25) is 5.91 Å². The highest BCUT2D eigenvalue weighted by Crippen LogP contribution is 2.27. The Balaban J connectivity index is 1.52. The zero-order chi connectivity index (χ0) is 19.8. The van der Waals surface area contributed by atoms with Crippen molar-refractivity contribution in [1.29, 1.82) is 0 Å². The second-order valence-corrected chi connectivity index (χ2v) is 7.90. The summed E-state index contributed by atoms with van der Waals surface area (Å²) >= 11 is 5.30. The molecule has 1 aromatic rings. The number of thiocarbonyl (C=S) groups is 1. The highest BCUT2D eigenvalue weighted by atomic mass is 32.1. The second-order valence-electron chi connectivity index (χ2n) is 7.50. The zero-order valence-corrected chi connectivity index (χ0v) is 17.1. The molecule has 0 unspecified atom stereocenters. The smallest absolute Gasteiger partial charge is 0.256 e. The van der Waals surface area contributed by atoms with Crippen molar-refractivity contribution in [2.45, 2.75) is 44.9 Å². The van der Waals surface area contributed by atoms with E-state index in [4.69, 9.17) is 17.0 Å². The summed E-state index contributed by atoms with van der Waals surface area (Å²) in [4.78, 5) is 26.8. The first kappa shape index (κ1) is 20.7. The van der Waals surface area contributed by atoms with Crippen molar-refractivity contribution >= 4 is 34.8 Å². The summed E-state index contributed by atoms with van der Waals surface area (Å²) in [5, 5.41) is 6.00. The molecule has 0 spiro atoms. The van der Waals surface area contributed by atoms with Crippen molar-refractivity contribution in [1.82, 2.24) is 10.2 Å². The van der Waals surface area contributed by atoms with Gasteiger partial charge in [-0.3, -0.25) is 9.59 Å². The summed E-state index contributed by atoms with van der Waals surface area (Å²) in [6.07, 6.45) is 7.74. The fourth-order valence-corrected chi connectivity index (χ4v) is 4.09. The highest BCUT2D eigenvalue weighted by Gasteiger charge is 2.21. The maximum absolute atomic E-state index is 12.8. The van der Waals surface area contributed by atoms with Gasteiger partial charge in [0, 0.05) is 19.5 Å². The predicted octanol–water partition coefficient (Wildman–Crippen LogP) is 3.33. The molecule has 1 aliphatic heterocycles. The lowest BCUT2D eigenvalue weighted by Gasteiger charge is -2.27. The molecule has 1 saturated carbocycles. The number of hydrogen-bond acceptors (Lipinski definition) is 4. The number of amides is 2. The number of nitrogens with one attached hydrogen (secondary N) is 2. The van der Waals surface area contributed by atoms with Crippen LogP contribution < -0.4 is 10.6 Å². The van der Waals surface area contributed by atoms with Crippen LogP contribution in [0.5, 0.6) is 0 Å². The maximum Gasteiger partial charge on any atom is 0.256 e. The summed E-state index contributed by atoms with van der Waals surface area (Å²) in [6.45, 7) is 2.26. The number of ether oxygens (including phenoxy) is 1. The van der Waals surface area contributed by atoms with Crippen molar-refractivity contribution in [3.05, 3.63) is 29.8 Å². The van der Waals surface area contributed by atoms with Gasteiger partial charge in [0.05, 0.1) is 24.5 Å². The van der Waals surface area contributed by atoms with Gasteiger partial charge < -0.3 is 20.3 Å². The minimum absolute atomic E-state index is 0.0576. The molecule has 0 aromatic heterocycles. The summed E-state index contributed by atoms with van der Waals surface area (Å²) < 4.78 is 5.31. The topological polar surface area (TPSA) is 70.7 Å². The molecule has 0 atom stereocenters. The van der Waals surface area contributed by atoms with Crippen LogP contribution >= 0.6 is 12.2 Å². The van der Waals surface area contributed by atoms with Crippen LogP contribution in [0.25, 0.3) is 0 Å². The lowest BCUT2D eigenvalue weighted by molar-refractivity contribution is -0.120. The quantitative estimate of drug-likeness (QED) is 0.738. The average molecular weight is 404 g/mol. The molecule has 1 aliphatic carbocycles. The van der Waals surface area contributed by atoms with Crippen molar-refractivity contribution in [2.75, 3.05) is 31.6 Å². The predicted molar refractivity (Wildman–Crippen MR) is 113 cm³/mol. The van der Waals surface area contributed by atoms with E-state index in [0.29, 0.717) is 49.9 Å². The van der Waals surface area contributed by atoms with Gasteiger partial charge in [-0.15, -0.1) is 0 Å². The van der Waals surface area contributed by atoms with Gasteiger partial charge in [-0.1, -0.05) is 44.2 Å². The number of anilines is 1. The van der Waals surface area contributed by atoms with Gasteiger partial charge in [0.25, 0.3) is 5.91 Å². The van der Waals surface area contributed by atoms with Crippen molar-refractivity contribution in [2.24, 2.45) is 5.92 Å². The number of hydrogen-bond donors (Lipinski definition) is 2. The Morgan fingerprint density at radius 2 is 1.82 bits per heavy atom. The molecule has 28 heavy (non-hydrogen) atoms. The first-order valence-electron chi connectivity index (χ1n) is 10.2. The minimum atomic E-state index is -0.0694. The average Bonchev–Trinajstić information content (AvgIpc) is 2.73. The van der Waals surface area contributed by atoms with Crippen LogP contribution in [0.1, 0.15) is 55.3 Å². The first-order chi connectivity index (χ1) is 13.6. The third kappa shape index (κ3) is 6.01. The van der Waals surface area contributed by atoms with E-state index in [1.807, 2.05) is 12.1 Å². The van der Waals surface area contributed by atoms with E-state index < -0.39 is 0 Å². The standard InChI is InChI=1S/C21H29N3O3S/c25-19(11-10-16-6-2-1-3-7-16)23-21(28)22-18-9-5-4-8-17(18)20(26)24-12-14-27-15-13-24/h4-5,8-9,16H,1-3,6-7,10-15H2,(H2,22,23,25,28). The molecule has 2 amide bonds. The molecule has 152 valence electrons. The third-order valence-corrected chi connectivity index (χ3v) is 5.67. The monoisotopic (exact) mass is 403 g/mol. The molecule has 0 bridgehead atoms. The molecule has 0 radical (unpaired) electrons. The first-order valence-corrected chi connectivity index (χ1v) is 10.6. The van der Waals surface area contributed by atoms with Crippen molar-refractivity contribution < 1.29 is 14.3 Å². The van der Waals surface area contributed by atoms with E-state index in [1.54, 1.807) is 17.0 Å². The SMILES string of the molecule is O=C(CCC1CCCCC1)NC(=S)Nc1ccccc1C(=O)N1CCOCC1. The Bertz CT molecular complexity index is 698. The van der Waals surface area contributed by atoms with Gasteiger partial charge in [-0.05, 0) is 36.7 Å². The lowest BCUT2D eigenvalue weighted by Crippen LogP contribution is -2.41.